The molecule has 52 heavy (non-hydrogen) atoms. The molecule has 244 valence electrons. The zero-order chi connectivity index (χ0) is 34.9. The normalized spacial score (nSPS) is 12.5. The second-order valence-corrected chi connectivity index (χ2v) is 12.7. The summed E-state index contributed by atoms with van der Waals surface area (Å²) in [6.07, 6.45) is 0. The van der Waals surface area contributed by atoms with Gasteiger partial charge in [-0.05, 0) is 46.5 Å². The van der Waals surface area contributed by atoms with E-state index in [2.05, 4.69) is 127 Å². The molecule has 1 aliphatic rings. The van der Waals surface area contributed by atoms with E-state index >= 15 is 0 Å². The summed E-state index contributed by atoms with van der Waals surface area (Å²) in [6.45, 7) is 0. The lowest BCUT2D eigenvalue weighted by atomic mass is 9.62. The van der Waals surface area contributed by atoms with Crippen LogP contribution in [-0.2, 0) is 5.41 Å². The summed E-state index contributed by atoms with van der Waals surface area (Å²) in [5.74, 6) is 3.29. The highest BCUT2D eigenvalue weighted by molar-refractivity contribution is 5.81. The largest absolute Gasteiger partial charge is 0.457 e. The third-order valence-corrected chi connectivity index (χ3v) is 9.70. The van der Waals surface area contributed by atoms with Gasteiger partial charge in [-0.25, -0.2) is 15.0 Å². The van der Waals surface area contributed by atoms with Crippen molar-refractivity contribution in [1.29, 1.82) is 5.26 Å². The molecule has 0 unspecified atom stereocenters. The van der Waals surface area contributed by atoms with E-state index in [0.717, 1.165) is 61.6 Å². The molecule has 1 aliphatic heterocycles. The highest BCUT2D eigenvalue weighted by atomic mass is 16.5. The predicted molar refractivity (Wildman–Crippen MR) is 205 cm³/mol. The quantitative estimate of drug-likeness (QED) is 0.177. The Bertz CT molecular complexity index is 2560. The number of para-hydroxylation sites is 1. The number of hydrogen-bond acceptors (Lipinski definition) is 5. The number of nitrogens with zero attached hydrogens (tertiary/aromatic N) is 4. The maximum Gasteiger partial charge on any atom is 0.164 e. The number of hydrogen-bond donors (Lipinski definition) is 0. The Labute approximate surface area is 302 Å². The summed E-state index contributed by atoms with van der Waals surface area (Å²) in [6, 6.07) is 64.0. The Morgan fingerprint density at radius 2 is 0.942 bits per heavy atom. The van der Waals surface area contributed by atoms with Gasteiger partial charge in [0, 0.05) is 27.8 Å². The number of fused-ring (bicyclic) bond motifs is 2. The first-order valence-corrected chi connectivity index (χ1v) is 17.2. The molecule has 2 heterocycles. The van der Waals surface area contributed by atoms with Crippen molar-refractivity contribution < 1.29 is 4.74 Å². The molecule has 1 aromatic heterocycles. The van der Waals surface area contributed by atoms with Crippen LogP contribution in [0.1, 0.15) is 27.8 Å². The highest BCUT2D eigenvalue weighted by Crippen LogP contribution is 2.57. The second kappa shape index (κ2) is 12.9. The van der Waals surface area contributed by atoms with Gasteiger partial charge in [-0.2, -0.15) is 5.26 Å². The van der Waals surface area contributed by atoms with Crippen molar-refractivity contribution in [3.05, 3.63) is 210 Å². The molecule has 7 aromatic carbocycles. The molecule has 0 radical (unpaired) electrons. The number of aromatic nitrogens is 3. The fraction of sp³-hybridized carbons (Fsp3) is 0.0213. The molecular formula is C47H30N4O. The van der Waals surface area contributed by atoms with Crippen molar-refractivity contribution in [3.8, 4) is 62.9 Å². The van der Waals surface area contributed by atoms with Gasteiger partial charge in [0.1, 0.15) is 11.5 Å². The molecule has 0 spiro atoms. The van der Waals surface area contributed by atoms with Crippen molar-refractivity contribution >= 4 is 0 Å². The fourth-order valence-electron chi connectivity index (χ4n) is 7.38. The lowest BCUT2D eigenvalue weighted by Gasteiger charge is -2.42. The summed E-state index contributed by atoms with van der Waals surface area (Å²) in [5, 5.41) is 9.57. The van der Waals surface area contributed by atoms with E-state index in [1.54, 1.807) is 6.07 Å². The Morgan fingerprint density at radius 1 is 0.442 bits per heavy atom. The maximum atomic E-state index is 9.57. The van der Waals surface area contributed by atoms with Gasteiger partial charge >= 0.3 is 0 Å². The topological polar surface area (TPSA) is 71.7 Å². The number of benzene rings is 7. The molecular weight excluding hydrogens is 637 g/mol. The minimum Gasteiger partial charge on any atom is -0.457 e. The van der Waals surface area contributed by atoms with Crippen molar-refractivity contribution in [2.24, 2.45) is 0 Å². The number of rotatable bonds is 6. The summed E-state index contributed by atoms with van der Waals surface area (Å²) < 4.78 is 6.71. The van der Waals surface area contributed by atoms with Crippen LogP contribution in [-0.4, -0.2) is 15.0 Å². The number of nitriles is 1. The van der Waals surface area contributed by atoms with E-state index in [1.807, 2.05) is 54.6 Å². The van der Waals surface area contributed by atoms with Crippen LogP contribution in [0.5, 0.6) is 11.5 Å². The van der Waals surface area contributed by atoms with Crippen LogP contribution >= 0.6 is 0 Å². The van der Waals surface area contributed by atoms with Crippen LogP contribution in [0.25, 0.3) is 45.3 Å². The van der Waals surface area contributed by atoms with E-state index in [-0.39, 0.29) is 0 Å². The first kappa shape index (κ1) is 30.9. The Balaban J connectivity index is 1.22. The first-order chi connectivity index (χ1) is 25.7. The van der Waals surface area contributed by atoms with Crippen molar-refractivity contribution in [3.63, 3.8) is 0 Å². The maximum absolute atomic E-state index is 9.57. The minimum absolute atomic E-state index is 0.508. The fourth-order valence-corrected chi connectivity index (χ4v) is 7.38. The third-order valence-electron chi connectivity index (χ3n) is 9.70. The Hall–Kier alpha value is -7.16. The van der Waals surface area contributed by atoms with Crippen molar-refractivity contribution in [2.75, 3.05) is 0 Å². The highest BCUT2D eigenvalue weighted by Gasteiger charge is 2.46. The van der Waals surface area contributed by atoms with Crippen LogP contribution in [0.4, 0.5) is 0 Å². The van der Waals surface area contributed by atoms with Crippen LogP contribution < -0.4 is 4.74 Å². The summed E-state index contributed by atoms with van der Waals surface area (Å²) in [4.78, 5) is 14.7. The molecule has 0 bridgehead atoms. The van der Waals surface area contributed by atoms with E-state index in [0.29, 0.717) is 23.0 Å². The monoisotopic (exact) mass is 666 g/mol. The van der Waals surface area contributed by atoms with Crippen LogP contribution in [0.3, 0.4) is 0 Å². The SMILES string of the molecule is N#Cc1cccc(-c2nc(-c3ccccc3)nc(-c3ccc(-c4cccc5c4C(c4ccccc4)(c4ccccc4)c4ccccc4O5)cc3)n2)c1. The molecule has 0 saturated carbocycles. The average molecular weight is 667 g/mol. The molecule has 0 N–H and O–H groups in total. The van der Waals surface area contributed by atoms with E-state index in [9.17, 15) is 5.26 Å². The van der Waals surface area contributed by atoms with Gasteiger partial charge in [-0.1, -0.05) is 158 Å². The van der Waals surface area contributed by atoms with E-state index < -0.39 is 5.41 Å². The van der Waals surface area contributed by atoms with Crippen LogP contribution in [0.15, 0.2) is 182 Å². The number of ether oxygens (including phenoxy) is 1. The van der Waals surface area contributed by atoms with Crippen LogP contribution in [0.2, 0.25) is 0 Å². The van der Waals surface area contributed by atoms with Gasteiger partial charge in [0.05, 0.1) is 17.0 Å². The standard InChI is InChI=1S/C47H30N4O/c48-31-32-14-12-17-36(30-32)46-50-44(34-15-4-1-5-16-34)49-45(51-46)35-28-26-33(27-29-35)39-22-13-25-42-43(39)47(37-18-6-2-7-19-37,38-20-8-3-9-21-38)40-23-10-11-24-41(40)52-42/h1-30H. The lowest BCUT2D eigenvalue weighted by molar-refractivity contribution is 0.435. The zero-order valence-electron chi connectivity index (χ0n) is 28.0. The predicted octanol–water partition coefficient (Wildman–Crippen LogP) is 10.9. The molecule has 0 amide bonds. The van der Waals surface area contributed by atoms with E-state index in [1.165, 1.54) is 0 Å². The molecule has 9 rings (SSSR count). The smallest absolute Gasteiger partial charge is 0.164 e. The molecule has 5 nitrogen and oxygen atoms in total. The van der Waals surface area contributed by atoms with Gasteiger partial charge in [-0.15, -0.1) is 0 Å². The van der Waals surface area contributed by atoms with Crippen LogP contribution in [0, 0.1) is 11.3 Å². The average Bonchev–Trinajstić information content (AvgIpc) is 3.23. The van der Waals surface area contributed by atoms with Gasteiger partial charge in [-0.3, -0.25) is 0 Å². The second-order valence-electron chi connectivity index (χ2n) is 12.7. The van der Waals surface area contributed by atoms with Crippen molar-refractivity contribution in [2.45, 2.75) is 5.41 Å². The molecule has 0 saturated heterocycles. The molecule has 0 fully saturated rings. The molecule has 5 heteroatoms. The zero-order valence-corrected chi connectivity index (χ0v) is 28.0. The summed E-state index contributed by atoms with van der Waals surface area (Å²) in [5.41, 5.74) is 9.01. The molecule has 0 aliphatic carbocycles. The summed E-state index contributed by atoms with van der Waals surface area (Å²) >= 11 is 0. The third kappa shape index (κ3) is 5.22. The van der Waals surface area contributed by atoms with Gasteiger partial charge in [0.15, 0.2) is 17.5 Å². The minimum atomic E-state index is -0.645. The van der Waals surface area contributed by atoms with Gasteiger partial charge in [0.25, 0.3) is 0 Å². The molecule has 0 atom stereocenters. The van der Waals surface area contributed by atoms with E-state index in [4.69, 9.17) is 19.7 Å². The van der Waals surface area contributed by atoms with Gasteiger partial charge in [0.2, 0.25) is 0 Å². The first-order valence-electron chi connectivity index (χ1n) is 17.2. The Kier molecular flexibility index (Phi) is 7.68. The van der Waals surface area contributed by atoms with Gasteiger partial charge < -0.3 is 4.74 Å². The summed E-state index contributed by atoms with van der Waals surface area (Å²) in [7, 11) is 0. The van der Waals surface area contributed by atoms with Crippen molar-refractivity contribution in [1.82, 2.24) is 15.0 Å². The molecule has 8 aromatic rings. The Morgan fingerprint density at radius 3 is 1.60 bits per heavy atom. The lowest BCUT2D eigenvalue weighted by Crippen LogP contribution is -2.34.